The van der Waals surface area contributed by atoms with Gasteiger partial charge >= 0.3 is 0 Å². The molecule has 12 nitrogen and oxygen atoms in total. The van der Waals surface area contributed by atoms with Crippen LogP contribution in [0.2, 0.25) is 0 Å². The van der Waals surface area contributed by atoms with E-state index in [1.54, 1.807) is 6.20 Å². The van der Waals surface area contributed by atoms with Gasteiger partial charge in [0.2, 0.25) is 17.8 Å². The van der Waals surface area contributed by atoms with E-state index in [0.717, 1.165) is 62.7 Å². The molecule has 0 unspecified atom stereocenters. The Morgan fingerprint density at radius 3 is 2.39 bits per heavy atom. The molecule has 6 rings (SSSR count). The number of hydrogen-bond donors (Lipinski definition) is 2. The van der Waals surface area contributed by atoms with Crippen molar-refractivity contribution in [2.75, 3.05) is 61.0 Å². The summed E-state index contributed by atoms with van der Waals surface area (Å²) >= 11 is 0. The van der Waals surface area contributed by atoms with E-state index < -0.39 is 0 Å². The summed E-state index contributed by atoms with van der Waals surface area (Å²) in [6, 6.07) is 6.58. The van der Waals surface area contributed by atoms with Crippen molar-refractivity contribution in [1.29, 1.82) is 0 Å². The third-order valence-corrected chi connectivity index (χ3v) is 7.61. The van der Waals surface area contributed by atoms with Crippen LogP contribution in [0, 0.1) is 5.82 Å². The Balaban J connectivity index is 1.04. The summed E-state index contributed by atoms with van der Waals surface area (Å²) in [7, 11) is 0. The summed E-state index contributed by atoms with van der Waals surface area (Å²) in [4.78, 5) is 26.9. The maximum absolute atomic E-state index is 13.4. The minimum atomic E-state index is -0.338. The van der Waals surface area contributed by atoms with Gasteiger partial charge in [0.1, 0.15) is 12.1 Å². The predicted octanol–water partition coefficient (Wildman–Crippen LogP) is 2.38. The monoisotopic (exact) mass is 559 g/mol. The number of benzene rings is 1. The predicted molar refractivity (Wildman–Crippen MR) is 153 cm³/mol. The van der Waals surface area contributed by atoms with Gasteiger partial charge in [0, 0.05) is 63.3 Å². The highest BCUT2D eigenvalue weighted by Gasteiger charge is 2.26. The van der Waals surface area contributed by atoms with Crippen molar-refractivity contribution in [3.63, 3.8) is 0 Å². The SMILES string of the molecule is CC(C)(c1ccc(F)cc1)c1cnc(N2CCN(c3ncnc(Nc4cnn(C[C@@H]5CNCCO5)c4)n3)CC2)nc1. The number of rotatable bonds is 8. The molecule has 13 heteroatoms. The number of aromatic nitrogens is 7. The number of nitrogens with one attached hydrogen (secondary N) is 2. The molecule has 2 saturated heterocycles. The smallest absolute Gasteiger partial charge is 0.232 e. The van der Waals surface area contributed by atoms with Gasteiger partial charge in [-0.25, -0.2) is 24.3 Å². The van der Waals surface area contributed by atoms with Crippen LogP contribution in [0.3, 0.4) is 0 Å². The van der Waals surface area contributed by atoms with Crippen molar-refractivity contribution in [2.45, 2.75) is 31.9 Å². The fourth-order valence-corrected chi connectivity index (χ4v) is 5.05. The maximum Gasteiger partial charge on any atom is 0.232 e. The summed E-state index contributed by atoms with van der Waals surface area (Å²) in [6.45, 7) is 10.2. The number of anilines is 4. The van der Waals surface area contributed by atoms with Crippen LogP contribution in [0.15, 0.2) is 55.4 Å². The van der Waals surface area contributed by atoms with E-state index in [-0.39, 0.29) is 17.3 Å². The number of hydrogen-bond acceptors (Lipinski definition) is 11. The summed E-state index contributed by atoms with van der Waals surface area (Å²) in [6.07, 6.45) is 9.03. The minimum Gasteiger partial charge on any atom is -0.374 e. The Bertz CT molecular complexity index is 1430. The molecule has 0 radical (unpaired) electrons. The van der Waals surface area contributed by atoms with Crippen LogP contribution >= 0.6 is 0 Å². The van der Waals surface area contributed by atoms with Crippen molar-refractivity contribution in [3.8, 4) is 0 Å². The van der Waals surface area contributed by atoms with Gasteiger partial charge in [0.25, 0.3) is 0 Å². The molecule has 3 aromatic heterocycles. The highest BCUT2D eigenvalue weighted by molar-refractivity contribution is 5.52. The second-order valence-electron chi connectivity index (χ2n) is 10.8. The number of morpholine rings is 1. The van der Waals surface area contributed by atoms with Crippen molar-refractivity contribution in [3.05, 3.63) is 72.3 Å². The minimum absolute atomic E-state index is 0.107. The van der Waals surface area contributed by atoms with Gasteiger partial charge < -0.3 is 25.2 Å². The van der Waals surface area contributed by atoms with E-state index >= 15 is 0 Å². The Kier molecular flexibility index (Phi) is 7.70. The largest absolute Gasteiger partial charge is 0.374 e. The normalized spacial score (nSPS) is 18.0. The molecule has 2 aliphatic heterocycles. The highest BCUT2D eigenvalue weighted by atomic mass is 19.1. The molecule has 0 aliphatic carbocycles. The van der Waals surface area contributed by atoms with E-state index in [9.17, 15) is 4.39 Å². The molecule has 5 heterocycles. The summed E-state index contributed by atoms with van der Waals surface area (Å²) in [5, 5.41) is 11.0. The van der Waals surface area contributed by atoms with E-state index in [0.29, 0.717) is 24.4 Å². The molecule has 2 fully saturated rings. The molecule has 0 bridgehead atoms. The van der Waals surface area contributed by atoms with Gasteiger partial charge in [-0.3, -0.25) is 4.68 Å². The lowest BCUT2D eigenvalue weighted by Crippen LogP contribution is -2.47. The van der Waals surface area contributed by atoms with Crippen molar-refractivity contribution >= 4 is 23.5 Å². The Hall–Kier alpha value is -4.23. The van der Waals surface area contributed by atoms with Gasteiger partial charge in [-0.2, -0.15) is 10.1 Å². The number of ether oxygens (including phenoxy) is 1. The molecule has 0 saturated carbocycles. The van der Waals surface area contributed by atoms with Crippen LogP contribution in [-0.4, -0.2) is 86.7 Å². The molecule has 2 N–H and O–H groups in total. The van der Waals surface area contributed by atoms with Gasteiger partial charge in [-0.15, -0.1) is 0 Å². The molecule has 41 heavy (non-hydrogen) atoms. The van der Waals surface area contributed by atoms with Crippen LogP contribution in [0.25, 0.3) is 0 Å². The molecule has 2 aliphatic rings. The third-order valence-electron chi connectivity index (χ3n) is 7.61. The second-order valence-corrected chi connectivity index (χ2v) is 10.8. The number of halogens is 1. The lowest BCUT2D eigenvalue weighted by molar-refractivity contribution is 0.0161. The second kappa shape index (κ2) is 11.7. The van der Waals surface area contributed by atoms with Crippen molar-refractivity contribution in [1.82, 2.24) is 40.0 Å². The zero-order valence-corrected chi connectivity index (χ0v) is 23.2. The van der Waals surface area contributed by atoms with Gasteiger partial charge in [-0.05, 0) is 23.3 Å². The average molecular weight is 560 g/mol. The molecule has 0 amide bonds. The van der Waals surface area contributed by atoms with Crippen LogP contribution in [0.1, 0.15) is 25.0 Å². The summed E-state index contributed by atoms with van der Waals surface area (Å²) < 4.78 is 21.0. The summed E-state index contributed by atoms with van der Waals surface area (Å²) in [5.41, 5.74) is 2.45. The summed E-state index contributed by atoms with van der Waals surface area (Å²) in [5.74, 6) is 1.53. The Labute approximate surface area is 238 Å². The first-order valence-corrected chi connectivity index (χ1v) is 13.8. The topological polar surface area (TPSA) is 122 Å². The zero-order chi connectivity index (χ0) is 28.2. The molecular formula is C28H34FN11O. The average Bonchev–Trinajstić information content (AvgIpc) is 3.44. The third kappa shape index (κ3) is 6.25. The molecule has 1 aromatic carbocycles. The highest BCUT2D eigenvalue weighted by Crippen LogP contribution is 2.31. The lowest BCUT2D eigenvalue weighted by atomic mass is 9.79. The number of nitrogens with zero attached hydrogens (tertiary/aromatic N) is 9. The van der Waals surface area contributed by atoms with Gasteiger partial charge in [0.15, 0.2) is 0 Å². The Morgan fingerprint density at radius 2 is 1.68 bits per heavy atom. The van der Waals surface area contributed by atoms with E-state index in [2.05, 4.69) is 64.3 Å². The molecule has 0 spiro atoms. The van der Waals surface area contributed by atoms with Gasteiger partial charge in [-0.1, -0.05) is 26.0 Å². The first-order chi connectivity index (χ1) is 19.9. The van der Waals surface area contributed by atoms with Crippen molar-refractivity contribution in [2.24, 2.45) is 0 Å². The molecule has 4 aromatic rings. The van der Waals surface area contributed by atoms with Crippen LogP contribution in [0.4, 0.5) is 27.9 Å². The molecule has 1 atom stereocenters. The van der Waals surface area contributed by atoms with Crippen molar-refractivity contribution < 1.29 is 9.13 Å². The standard InChI is InChI=1S/C28H34FN11O/c1-28(2,20-3-5-22(29)6-4-20)21-13-31-26(32-14-21)38-8-10-39(11-9-38)27-34-19-33-25(37-27)36-23-15-35-40(17-23)18-24-16-30-7-12-41-24/h3-6,13-15,17,19,24,30H,7-12,16,18H2,1-2H3,(H,33,34,36,37)/t24-/m0/s1. The van der Waals surface area contributed by atoms with Gasteiger partial charge in [0.05, 0.1) is 31.1 Å². The maximum atomic E-state index is 13.4. The van der Waals surface area contributed by atoms with E-state index in [1.807, 2.05) is 35.4 Å². The van der Waals surface area contributed by atoms with Crippen LogP contribution < -0.4 is 20.4 Å². The number of piperazine rings is 1. The molecular weight excluding hydrogens is 525 g/mol. The van der Waals surface area contributed by atoms with Crippen LogP contribution in [0.5, 0.6) is 0 Å². The fourth-order valence-electron chi connectivity index (χ4n) is 5.05. The molecule has 214 valence electrons. The van der Waals surface area contributed by atoms with E-state index in [1.165, 1.54) is 18.5 Å². The van der Waals surface area contributed by atoms with E-state index in [4.69, 9.17) is 4.74 Å². The van der Waals surface area contributed by atoms with Crippen LogP contribution in [-0.2, 0) is 16.7 Å². The first kappa shape index (κ1) is 27.0. The lowest BCUT2D eigenvalue weighted by Gasteiger charge is -2.35. The fraction of sp³-hybridized carbons (Fsp3) is 0.429. The quantitative estimate of drug-likeness (QED) is 0.331. The first-order valence-electron chi connectivity index (χ1n) is 13.8. The Morgan fingerprint density at radius 1 is 0.951 bits per heavy atom. The zero-order valence-electron chi connectivity index (χ0n) is 23.2.